The van der Waals surface area contributed by atoms with Crippen molar-refractivity contribution < 1.29 is 9.53 Å². The molecule has 0 heterocycles. The topological polar surface area (TPSA) is 80.0 Å². The van der Waals surface area contributed by atoms with E-state index in [0.29, 0.717) is 13.1 Å². The summed E-state index contributed by atoms with van der Waals surface area (Å²) in [5, 5.41) is 2.96. The predicted molar refractivity (Wildman–Crippen MR) is 101 cm³/mol. The Kier molecular flexibility index (Phi) is 6.83. The number of anilines is 1. The van der Waals surface area contributed by atoms with Crippen LogP contribution in [-0.2, 0) is 11.3 Å². The van der Waals surface area contributed by atoms with Crippen molar-refractivity contribution in [2.24, 2.45) is 10.7 Å². The number of amides is 1. The van der Waals surface area contributed by atoms with Gasteiger partial charge in [0.15, 0.2) is 5.96 Å². The third-order valence-electron chi connectivity index (χ3n) is 3.70. The molecule has 0 aliphatic heterocycles. The number of carbonyl (C=O) groups excluding carboxylic acids is 1. The lowest BCUT2D eigenvalue weighted by Crippen LogP contribution is -2.33. The number of hydrogen-bond acceptors (Lipinski definition) is 3. The second-order valence-corrected chi connectivity index (χ2v) is 5.45. The fourth-order valence-electron chi connectivity index (χ4n) is 2.29. The molecule has 6 heteroatoms. The summed E-state index contributed by atoms with van der Waals surface area (Å²) in [6, 6.07) is 17.2. The predicted octanol–water partition coefficient (Wildman–Crippen LogP) is 2.47. The van der Waals surface area contributed by atoms with Crippen LogP contribution in [0.1, 0.15) is 12.5 Å². The van der Waals surface area contributed by atoms with Crippen LogP contribution in [0.4, 0.5) is 5.69 Å². The fourth-order valence-corrected chi connectivity index (χ4v) is 2.29. The van der Waals surface area contributed by atoms with Gasteiger partial charge in [0.1, 0.15) is 12.3 Å². The van der Waals surface area contributed by atoms with Crippen LogP contribution in [0.2, 0.25) is 0 Å². The minimum atomic E-state index is -0.0640. The Morgan fingerprint density at radius 1 is 1.16 bits per heavy atom. The quantitative estimate of drug-likeness (QED) is 0.599. The second-order valence-electron chi connectivity index (χ2n) is 5.45. The molecule has 6 nitrogen and oxygen atoms in total. The lowest BCUT2D eigenvalue weighted by Gasteiger charge is -2.20. The number of nitrogens with zero attached hydrogens (tertiary/aromatic N) is 2. The monoisotopic (exact) mass is 340 g/mol. The molecular formula is C19H24N4O2. The van der Waals surface area contributed by atoms with Crippen LogP contribution in [-0.4, -0.2) is 37.0 Å². The third kappa shape index (κ3) is 5.84. The Hall–Kier alpha value is -3.02. The van der Waals surface area contributed by atoms with Crippen molar-refractivity contribution >= 4 is 17.6 Å². The Balaban J connectivity index is 1.90. The van der Waals surface area contributed by atoms with Gasteiger partial charge >= 0.3 is 0 Å². The number of methoxy groups -OCH3 is 1. The number of ether oxygens (including phenoxy) is 1. The summed E-state index contributed by atoms with van der Waals surface area (Å²) in [7, 11) is 1.61. The van der Waals surface area contributed by atoms with Crippen molar-refractivity contribution in [2.45, 2.75) is 13.5 Å². The maximum Gasteiger partial charge on any atom is 0.244 e. The van der Waals surface area contributed by atoms with Crippen LogP contribution in [0.5, 0.6) is 5.75 Å². The average molecular weight is 340 g/mol. The second kappa shape index (κ2) is 9.32. The van der Waals surface area contributed by atoms with Crippen molar-refractivity contribution in [3.05, 3.63) is 60.2 Å². The van der Waals surface area contributed by atoms with E-state index in [1.54, 1.807) is 12.0 Å². The lowest BCUT2D eigenvalue weighted by molar-refractivity contribution is -0.130. The molecule has 0 saturated heterocycles. The number of rotatable bonds is 7. The van der Waals surface area contributed by atoms with Crippen molar-refractivity contribution in [3.63, 3.8) is 0 Å². The van der Waals surface area contributed by atoms with Crippen molar-refractivity contribution in [2.75, 3.05) is 25.5 Å². The zero-order valence-electron chi connectivity index (χ0n) is 14.6. The molecule has 0 saturated carbocycles. The van der Waals surface area contributed by atoms with E-state index in [2.05, 4.69) is 10.3 Å². The van der Waals surface area contributed by atoms with Crippen LogP contribution in [0.3, 0.4) is 0 Å². The summed E-state index contributed by atoms with van der Waals surface area (Å²) in [4.78, 5) is 18.2. The number of likely N-dealkylation sites (N-methyl/N-ethyl adjacent to an activating group) is 1. The van der Waals surface area contributed by atoms with Crippen LogP contribution in [0.15, 0.2) is 59.6 Å². The van der Waals surface area contributed by atoms with Gasteiger partial charge in [-0.2, -0.15) is 0 Å². The number of guanidine groups is 1. The van der Waals surface area contributed by atoms with Crippen molar-refractivity contribution in [1.82, 2.24) is 4.90 Å². The Bertz CT molecular complexity index is 699. The average Bonchev–Trinajstić information content (AvgIpc) is 2.65. The molecular weight excluding hydrogens is 316 g/mol. The van der Waals surface area contributed by atoms with Gasteiger partial charge < -0.3 is 20.7 Å². The molecule has 0 unspecified atom stereocenters. The van der Waals surface area contributed by atoms with Crippen LogP contribution in [0.25, 0.3) is 0 Å². The summed E-state index contributed by atoms with van der Waals surface area (Å²) in [6.45, 7) is 3.14. The molecule has 0 aliphatic carbocycles. The highest BCUT2D eigenvalue weighted by Crippen LogP contribution is 2.14. The van der Waals surface area contributed by atoms with E-state index in [-0.39, 0.29) is 18.4 Å². The van der Waals surface area contributed by atoms with Gasteiger partial charge in [-0.1, -0.05) is 30.3 Å². The standard InChI is InChI=1S/C19H24N4O2/c1-3-23(14-15-7-5-4-6-8-15)18(24)13-21-19(20)22-16-9-11-17(25-2)12-10-16/h4-12H,3,13-14H2,1-2H3,(H3,20,21,22). The van der Waals surface area contributed by atoms with E-state index in [4.69, 9.17) is 10.5 Å². The molecule has 0 spiro atoms. The molecule has 0 aliphatic rings. The maximum atomic E-state index is 12.3. The maximum absolute atomic E-state index is 12.3. The number of nitrogens with one attached hydrogen (secondary N) is 1. The number of nitrogens with two attached hydrogens (primary N) is 1. The Morgan fingerprint density at radius 2 is 1.84 bits per heavy atom. The van der Waals surface area contributed by atoms with Gasteiger partial charge in [-0.25, -0.2) is 4.99 Å². The largest absolute Gasteiger partial charge is 0.497 e. The van der Waals surface area contributed by atoms with Crippen LogP contribution in [0, 0.1) is 0 Å². The zero-order chi connectivity index (χ0) is 18.1. The molecule has 0 bridgehead atoms. The summed E-state index contributed by atoms with van der Waals surface area (Å²) in [6.07, 6.45) is 0. The highest BCUT2D eigenvalue weighted by atomic mass is 16.5. The number of carbonyl (C=O) groups is 1. The first-order chi connectivity index (χ1) is 12.1. The van der Waals surface area contributed by atoms with Gasteiger partial charge in [0.2, 0.25) is 5.91 Å². The van der Waals surface area contributed by atoms with E-state index < -0.39 is 0 Å². The van der Waals surface area contributed by atoms with Crippen LogP contribution < -0.4 is 15.8 Å². The van der Waals surface area contributed by atoms with Gasteiger partial charge in [0.25, 0.3) is 0 Å². The molecule has 2 rings (SSSR count). The first-order valence-electron chi connectivity index (χ1n) is 8.15. The number of hydrogen-bond donors (Lipinski definition) is 2. The summed E-state index contributed by atoms with van der Waals surface area (Å²) >= 11 is 0. The Labute approximate surface area is 148 Å². The molecule has 132 valence electrons. The normalized spacial score (nSPS) is 11.0. The molecule has 0 fully saturated rings. The minimum Gasteiger partial charge on any atom is -0.497 e. The molecule has 2 aromatic rings. The lowest BCUT2D eigenvalue weighted by atomic mass is 10.2. The highest BCUT2D eigenvalue weighted by Gasteiger charge is 2.11. The van der Waals surface area contributed by atoms with Gasteiger partial charge in [0.05, 0.1) is 7.11 Å². The molecule has 0 aromatic heterocycles. The molecule has 3 N–H and O–H groups in total. The SMILES string of the molecule is CCN(Cc1ccccc1)C(=O)CN=C(N)Nc1ccc(OC)cc1. The van der Waals surface area contributed by atoms with E-state index in [1.807, 2.05) is 61.5 Å². The summed E-state index contributed by atoms with van der Waals surface area (Å²) < 4.78 is 5.10. The molecule has 2 aromatic carbocycles. The highest BCUT2D eigenvalue weighted by molar-refractivity contribution is 5.93. The summed E-state index contributed by atoms with van der Waals surface area (Å²) in [5.74, 6) is 0.899. The van der Waals surface area contributed by atoms with E-state index in [1.165, 1.54) is 0 Å². The molecule has 0 atom stereocenters. The van der Waals surface area contributed by atoms with Crippen molar-refractivity contribution in [3.8, 4) is 5.75 Å². The van der Waals surface area contributed by atoms with Gasteiger partial charge in [-0.15, -0.1) is 0 Å². The molecule has 0 radical (unpaired) electrons. The minimum absolute atomic E-state index is 0.00958. The van der Waals surface area contributed by atoms with Gasteiger partial charge in [-0.3, -0.25) is 4.79 Å². The van der Waals surface area contributed by atoms with Gasteiger partial charge in [0, 0.05) is 18.8 Å². The molecule has 1 amide bonds. The van der Waals surface area contributed by atoms with E-state index >= 15 is 0 Å². The van der Waals surface area contributed by atoms with E-state index in [0.717, 1.165) is 17.0 Å². The zero-order valence-corrected chi connectivity index (χ0v) is 14.6. The smallest absolute Gasteiger partial charge is 0.244 e. The Morgan fingerprint density at radius 3 is 2.44 bits per heavy atom. The number of aliphatic imine (C=N–C) groups is 1. The van der Waals surface area contributed by atoms with E-state index in [9.17, 15) is 4.79 Å². The van der Waals surface area contributed by atoms with Crippen LogP contribution >= 0.6 is 0 Å². The summed E-state index contributed by atoms with van der Waals surface area (Å²) in [5.41, 5.74) is 7.73. The fraction of sp³-hybridized carbons (Fsp3) is 0.263. The first kappa shape index (κ1) is 18.3. The van der Waals surface area contributed by atoms with Gasteiger partial charge in [-0.05, 0) is 36.8 Å². The number of benzene rings is 2. The molecule has 25 heavy (non-hydrogen) atoms. The van der Waals surface area contributed by atoms with Crippen molar-refractivity contribution in [1.29, 1.82) is 0 Å². The third-order valence-corrected chi connectivity index (χ3v) is 3.70. The first-order valence-corrected chi connectivity index (χ1v) is 8.15.